The van der Waals surface area contributed by atoms with E-state index >= 15 is 0 Å². The number of fused-ring (bicyclic) bond motifs is 1. The van der Waals surface area contributed by atoms with Crippen LogP contribution in [-0.4, -0.2) is 17.8 Å². The van der Waals surface area contributed by atoms with E-state index in [9.17, 15) is 0 Å². The number of hydrogen-bond donors (Lipinski definition) is 0. The maximum atomic E-state index is 5.61. The maximum absolute atomic E-state index is 5.61. The van der Waals surface area contributed by atoms with Gasteiger partial charge in [-0.2, -0.15) is 0 Å². The van der Waals surface area contributed by atoms with Gasteiger partial charge in [-0.25, -0.2) is 0 Å². The lowest BCUT2D eigenvalue weighted by molar-refractivity contribution is 0.104. The van der Waals surface area contributed by atoms with Crippen LogP contribution >= 0.6 is 15.9 Å². The lowest BCUT2D eigenvalue weighted by Gasteiger charge is -2.08. The van der Waals surface area contributed by atoms with Crippen LogP contribution in [-0.2, 0) is 11.3 Å². The Hall–Kier alpha value is -0.800. The average Bonchev–Trinajstić information content (AvgIpc) is 2.67. The molecule has 0 spiro atoms. The molecule has 0 amide bonds. The van der Waals surface area contributed by atoms with Crippen LogP contribution in [0.25, 0.3) is 10.9 Å². The summed E-state index contributed by atoms with van der Waals surface area (Å²) in [6.07, 6.45) is 2.12. The van der Waals surface area contributed by atoms with Crippen LogP contribution in [0.4, 0.5) is 0 Å². The van der Waals surface area contributed by atoms with Crippen molar-refractivity contribution in [2.75, 3.05) is 13.2 Å². The molecular formula is C14H18BrNO. The van der Waals surface area contributed by atoms with Gasteiger partial charge < -0.3 is 9.30 Å². The summed E-state index contributed by atoms with van der Waals surface area (Å²) in [6.45, 7) is 6.86. The predicted molar refractivity (Wildman–Crippen MR) is 75.3 cm³/mol. The molecule has 0 aliphatic carbocycles. The second kappa shape index (κ2) is 5.69. The van der Waals surface area contributed by atoms with Gasteiger partial charge in [-0.15, -0.1) is 0 Å². The summed E-state index contributed by atoms with van der Waals surface area (Å²) in [5, 5.41) is 1.28. The first-order valence-electron chi connectivity index (χ1n) is 5.99. The van der Waals surface area contributed by atoms with E-state index in [0.717, 1.165) is 24.2 Å². The van der Waals surface area contributed by atoms with E-state index in [-0.39, 0.29) is 0 Å². The smallest absolute Gasteiger partial charge is 0.0645 e. The van der Waals surface area contributed by atoms with Gasteiger partial charge in [-0.05, 0) is 29.5 Å². The Morgan fingerprint density at radius 3 is 2.88 bits per heavy atom. The molecule has 0 aliphatic heterocycles. The number of nitrogens with zero attached hydrogens (tertiary/aromatic N) is 1. The highest BCUT2D eigenvalue weighted by Crippen LogP contribution is 2.20. The molecule has 0 unspecified atom stereocenters. The first kappa shape index (κ1) is 12.7. The van der Waals surface area contributed by atoms with Gasteiger partial charge in [0.2, 0.25) is 0 Å². The molecule has 0 saturated carbocycles. The summed E-state index contributed by atoms with van der Waals surface area (Å²) in [4.78, 5) is 0. The molecule has 2 aromatic rings. The van der Waals surface area contributed by atoms with Crippen molar-refractivity contribution in [3.8, 4) is 0 Å². The van der Waals surface area contributed by atoms with Crippen LogP contribution in [0, 0.1) is 5.92 Å². The van der Waals surface area contributed by atoms with Crippen LogP contribution in [0.15, 0.2) is 34.9 Å². The molecule has 1 aromatic heterocycles. The van der Waals surface area contributed by atoms with Crippen molar-refractivity contribution in [1.82, 2.24) is 4.57 Å². The van der Waals surface area contributed by atoms with Gasteiger partial charge in [-0.1, -0.05) is 35.8 Å². The van der Waals surface area contributed by atoms with E-state index in [2.05, 4.69) is 64.8 Å². The van der Waals surface area contributed by atoms with Crippen molar-refractivity contribution in [1.29, 1.82) is 0 Å². The van der Waals surface area contributed by atoms with Gasteiger partial charge in [0.1, 0.15) is 0 Å². The highest BCUT2D eigenvalue weighted by molar-refractivity contribution is 9.10. The molecule has 0 N–H and O–H groups in total. The SMILES string of the molecule is CC(C)COCCn1ccc2ccc(Br)cc21. The molecule has 0 aliphatic rings. The van der Waals surface area contributed by atoms with E-state index < -0.39 is 0 Å². The van der Waals surface area contributed by atoms with Gasteiger partial charge in [-0.3, -0.25) is 0 Å². The number of halogens is 1. The Bertz CT molecular complexity index is 490. The van der Waals surface area contributed by atoms with Crippen LogP contribution in [0.2, 0.25) is 0 Å². The van der Waals surface area contributed by atoms with Crippen LogP contribution in [0.3, 0.4) is 0 Å². The van der Waals surface area contributed by atoms with E-state index in [1.807, 2.05) is 0 Å². The molecule has 3 heteroatoms. The molecule has 1 heterocycles. The Kier molecular flexibility index (Phi) is 4.24. The summed E-state index contributed by atoms with van der Waals surface area (Å²) in [5.74, 6) is 0.602. The number of ether oxygens (including phenoxy) is 1. The Morgan fingerprint density at radius 2 is 2.12 bits per heavy atom. The topological polar surface area (TPSA) is 14.2 Å². The minimum atomic E-state index is 0.602. The number of aromatic nitrogens is 1. The van der Waals surface area contributed by atoms with Crippen molar-refractivity contribution in [2.24, 2.45) is 5.92 Å². The largest absolute Gasteiger partial charge is 0.379 e. The van der Waals surface area contributed by atoms with Gasteiger partial charge in [0.25, 0.3) is 0 Å². The summed E-state index contributed by atoms with van der Waals surface area (Å²) >= 11 is 3.51. The summed E-state index contributed by atoms with van der Waals surface area (Å²) < 4.78 is 8.97. The zero-order valence-electron chi connectivity index (χ0n) is 10.3. The van der Waals surface area contributed by atoms with E-state index in [1.54, 1.807) is 0 Å². The fourth-order valence-corrected chi connectivity index (χ4v) is 2.18. The fourth-order valence-electron chi connectivity index (χ4n) is 1.83. The fraction of sp³-hybridized carbons (Fsp3) is 0.429. The van der Waals surface area contributed by atoms with E-state index in [4.69, 9.17) is 4.74 Å². The highest BCUT2D eigenvalue weighted by Gasteiger charge is 2.01. The molecule has 0 saturated heterocycles. The number of hydrogen-bond acceptors (Lipinski definition) is 1. The first-order chi connectivity index (χ1) is 8.16. The van der Waals surface area contributed by atoms with Crippen molar-refractivity contribution in [2.45, 2.75) is 20.4 Å². The van der Waals surface area contributed by atoms with E-state index in [0.29, 0.717) is 5.92 Å². The maximum Gasteiger partial charge on any atom is 0.0645 e. The van der Waals surface area contributed by atoms with Crippen molar-refractivity contribution >= 4 is 26.8 Å². The number of rotatable bonds is 5. The molecule has 1 aromatic carbocycles. The monoisotopic (exact) mass is 295 g/mol. The lowest BCUT2D eigenvalue weighted by Crippen LogP contribution is -2.08. The molecule has 2 rings (SSSR count). The number of benzene rings is 1. The van der Waals surface area contributed by atoms with Crippen molar-refractivity contribution in [3.63, 3.8) is 0 Å². The van der Waals surface area contributed by atoms with E-state index in [1.165, 1.54) is 10.9 Å². The normalized spacial score (nSPS) is 11.5. The molecule has 17 heavy (non-hydrogen) atoms. The third-order valence-corrected chi connectivity index (χ3v) is 3.16. The lowest BCUT2D eigenvalue weighted by atomic mass is 10.2. The van der Waals surface area contributed by atoms with Gasteiger partial charge in [0.15, 0.2) is 0 Å². The molecule has 92 valence electrons. The summed E-state index contributed by atoms with van der Waals surface area (Å²) in [6, 6.07) is 8.49. The third kappa shape index (κ3) is 3.33. The Balaban J connectivity index is 2.01. The predicted octanol–water partition coefficient (Wildman–Crippen LogP) is 4.08. The zero-order chi connectivity index (χ0) is 12.3. The van der Waals surface area contributed by atoms with Crippen molar-refractivity contribution < 1.29 is 4.74 Å². The summed E-state index contributed by atoms with van der Waals surface area (Å²) in [5.41, 5.74) is 1.26. The summed E-state index contributed by atoms with van der Waals surface area (Å²) in [7, 11) is 0. The molecule has 2 nitrogen and oxygen atoms in total. The van der Waals surface area contributed by atoms with Crippen LogP contribution < -0.4 is 0 Å². The average molecular weight is 296 g/mol. The van der Waals surface area contributed by atoms with Gasteiger partial charge >= 0.3 is 0 Å². The Labute approximate surface area is 111 Å². The quantitative estimate of drug-likeness (QED) is 0.758. The first-order valence-corrected chi connectivity index (χ1v) is 6.78. The molecular weight excluding hydrogens is 278 g/mol. The van der Waals surface area contributed by atoms with Crippen LogP contribution in [0.1, 0.15) is 13.8 Å². The zero-order valence-corrected chi connectivity index (χ0v) is 11.9. The molecule has 0 fully saturated rings. The molecule has 0 atom stereocenters. The van der Waals surface area contributed by atoms with Crippen LogP contribution in [0.5, 0.6) is 0 Å². The van der Waals surface area contributed by atoms with Gasteiger partial charge in [0.05, 0.1) is 6.61 Å². The second-order valence-corrected chi connectivity index (χ2v) is 5.60. The minimum Gasteiger partial charge on any atom is -0.379 e. The van der Waals surface area contributed by atoms with Gasteiger partial charge in [0, 0.05) is 29.3 Å². The van der Waals surface area contributed by atoms with Crippen molar-refractivity contribution in [3.05, 3.63) is 34.9 Å². The minimum absolute atomic E-state index is 0.602. The molecule has 0 bridgehead atoms. The second-order valence-electron chi connectivity index (χ2n) is 4.68. The third-order valence-electron chi connectivity index (χ3n) is 2.66. The molecule has 0 radical (unpaired) electrons. The standard InChI is InChI=1S/C14H18BrNO/c1-11(2)10-17-8-7-16-6-5-12-3-4-13(15)9-14(12)16/h3-6,9,11H,7-8,10H2,1-2H3. The Morgan fingerprint density at radius 1 is 1.29 bits per heavy atom. The highest BCUT2D eigenvalue weighted by atomic mass is 79.9.